The number of ether oxygens (including phenoxy) is 3. The number of aliphatic hydroxyl groups excluding tert-OH is 1. The third kappa shape index (κ3) is 4.53. The van der Waals surface area contributed by atoms with Crippen molar-refractivity contribution in [2.75, 3.05) is 27.9 Å². The smallest absolute Gasteiger partial charge is 0.255 e. The van der Waals surface area contributed by atoms with Crippen LogP contribution in [-0.2, 0) is 0 Å². The zero-order chi connectivity index (χ0) is 15.8. The molecule has 1 aromatic rings. The van der Waals surface area contributed by atoms with Crippen molar-refractivity contribution in [3.8, 4) is 17.2 Å². The molecule has 21 heavy (non-hydrogen) atoms. The molecule has 0 saturated carbocycles. The Bertz CT molecular complexity index is 473. The predicted molar refractivity (Wildman–Crippen MR) is 79.3 cm³/mol. The van der Waals surface area contributed by atoms with E-state index in [1.54, 1.807) is 19.1 Å². The van der Waals surface area contributed by atoms with Crippen molar-refractivity contribution in [3.05, 3.63) is 17.7 Å². The molecule has 0 bridgehead atoms. The van der Waals surface area contributed by atoms with Crippen molar-refractivity contribution in [3.63, 3.8) is 0 Å². The molecule has 1 rings (SSSR count). The van der Waals surface area contributed by atoms with E-state index < -0.39 is 0 Å². The molecule has 0 aliphatic rings. The van der Waals surface area contributed by atoms with Gasteiger partial charge in [0.15, 0.2) is 11.5 Å². The molecule has 0 saturated heterocycles. The second-order valence-corrected chi connectivity index (χ2v) is 4.63. The topological polar surface area (TPSA) is 77.0 Å². The molecule has 0 aliphatic carbocycles. The highest BCUT2D eigenvalue weighted by Crippen LogP contribution is 2.39. The van der Waals surface area contributed by atoms with Crippen molar-refractivity contribution in [1.82, 2.24) is 5.32 Å². The summed E-state index contributed by atoms with van der Waals surface area (Å²) in [5.41, 5.74) is 0.382. The lowest BCUT2D eigenvalue weighted by Gasteiger charge is -2.15. The fraction of sp³-hybridized carbons (Fsp3) is 0.533. The summed E-state index contributed by atoms with van der Waals surface area (Å²) >= 11 is 0. The van der Waals surface area contributed by atoms with Gasteiger partial charge in [-0.15, -0.1) is 0 Å². The summed E-state index contributed by atoms with van der Waals surface area (Å²) in [6.45, 7) is 2.21. The lowest BCUT2D eigenvalue weighted by molar-refractivity contribution is 0.0946. The fourth-order valence-electron chi connectivity index (χ4n) is 1.97. The Hall–Kier alpha value is -1.95. The van der Waals surface area contributed by atoms with Crippen LogP contribution in [0.1, 0.15) is 30.1 Å². The van der Waals surface area contributed by atoms with E-state index in [0.29, 0.717) is 42.2 Å². The molecular formula is C15H23NO5. The quantitative estimate of drug-likeness (QED) is 0.713. The predicted octanol–water partition coefficient (Wildman–Crippen LogP) is 1.60. The summed E-state index contributed by atoms with van der Waals surface area (Å²) in [6, 6.07) is 3.29. The largest absolute Gasteiger partial charge is 0.493 e. The number of methoxy groups -OCH3 is 3. The highest BCUT2D eigenvalue weighted by Gasteiger charge is 2.20. The van der Waals surface area contributed by atoms with Crippen molar-refractivity contribution in [1.29, 1.82) is 0 Å². The van der Waals surface area contributed by atoms with Gasteiger partial charge >= 0.3 is 0 Å². The Labute approximate surface area is 125 Å². The number of aliphatic hydroxyl groups is 1. The van der Waals surface area contributed by atoms with E-state index in [2.05, 4.69) is 5.32 Å². The minimum Gasteiger partial charge on any atom is -0.493 e. The summed E-state index contributed by atoms with van der Waals surface area (Å²) in [5.74, 6) is 0.972. The van der Waals surface area contributed by atoms with Crippen LogP contribution >= 0.6 is 0 Å². The second-order valence-electron chi connectivity index (χ2n) is 4.63. The minimum atomic E-state index is -0.363. The normalized spacial score (nSPS) is 11.7. The minimum absolute atomic E-state index is 0.251. The molecule has 0 aromatic heterocycles. The molecule has 6 nitrogen and oxygen atoms in total. The van der Waals surface area contributed by atoms with Gasteiger partial charge in [0.1, 0.15) is 0 Å². The third-order valence-electron chi connectivity index (χ3n) is 3.03. The van der Waals surface area contributed by atoms with Crippen LogP contribution in [0.2, 0.25) is 0 Å². The summed E-state index contributed by atoms with van der Waals surface area (Å²) in [6.07, 6.45) is 0.986. The van der Waals surface area contributed by atoms with Crippen molar-refractivity contribution in [2.24, 2.45) is 0 Å². The SMILES string of the molecule is COc1ccc(C(=O)NCCCC(C)O)c(OC)c1OC. The lowest BCUT2D eigenvalue weighted by atomic mass is 10.1. The first-order valence-corrected chi connectivity index (χ1v) is 6.80. The summed E-state index contributed by atoms with van der Waals surface area (Å²) in [5, 5.41) is 12.0. The van der Waals surface area contributed by atoms with E-state index in [1.807, 2.05) is 0 Å². The van der Waals surface area contributed by atoms with Crippen molar-refractivity contribution >= 4 is 5.91 Å². The molecule has 2 N–H and O–H groups in total. The van der Waals surface area contributed by atoms with Gasteiger partial charge in [-0.1, -0.05) is 0 Å². The van der Waals surface area contributed by atoms with Crippen molar-refractivity contribution in [2.45, 2.75) is 25.9 Å². The molecule has 1 aromatic carbocycles. The molecule has 0 radical (unpaired) electrons. The van der Waals surface area contributed by atoms with E-state index in [-0.39, 0.29) is 12.0 Å². The van der Waals surface area contributed by atoms with Gasteiger partial charge in [0.25, 0.3) is 5.91 Å². The van der Waals surface area contributed by atoms with E-state index in [4.69, 9.17) is 14.2 Å². The zero-order valence-corrected chi connectivity index (χ0v) is 12.9. The number of benzene rings is 1. The first-order chi connectivity index (χ1) is 10.0. The maximum Gasteiger partial charge on any atom is 0.255 e. The second kappa shape index (κ2) is 8.36. The summed E-state index contributed by atoms with van der Waals surface area (Å²) < 4.78 is 15.7. The average Bonchev–Trinajstić information content (AvgIpc) is 2.49. The fourth-order valence-corrected chi connectivity index (χ4v) is 1.97. The van der Waals surface area contributed by atoms with Gasteiger partial charge < -0.3 is 24.6 Å². The van der Waals surface area contributed by atoms with Gasteiger partial charge in [0.2, 0.25) is 5.75 Å². The molecule has 0 heterocycles. The Morgan fingerprint density at radius 3 is 2.38 bits per heavy atom. The summed E-state index contributed by atoms with van der Waals surface area (Å²) in [7, 11) is 4.49. The van der Waals surface area contributed by atoms with Crippen LogP contribution < -0.4 is 19.5 Å². The highest BCUT2D eigenvalue weighted by molar-refractivity contribution is 5.98. The number of hydrogen-bond donors (Lipinski definition) is 2. The third-order valence-corrected chi connectivity index (χ3v) is 3.03. The number of carbonyl (C=O) groups is 1. The molecular weight excluding hydrogens is 274 g/mol. The Morgan fingerprint density at radius 2 is 1.86 bits per heavy atom. The Morgan fingerprint density at radius 1 is 1.19 bits per heavy atom. The molecule has 118 valence electrons. The van der Waals surface area contributed by atoms with Gasteiger partial charge in [-0.3, -0.25) is 4.79 Å². The maximum absolute atomic E-state index is 12.2. The number of nitrogens with one attached hydrogen (secondary N) is 1. The molecule has 1 unspecified atom stereocenters. The van der Waals surface area contributed by atoms with Crippen LogP contribution in [0.5, 0.6) is 17.2 Å². The Kier molecular flexibility index (Phi) is 6.81. The molecule has 0 aliphatic heterocycles. The molecule has 0 spiro atoms. The molecule has 1 atom stereocenters. The average molecular weight is 297 g/mol. The van der Waals surface area contributed by atoms with Gasteiger partial charge in [-0.25, -0.2) is 0 Å². The van der Waals surface area contributed by atoms with Crippen LogP contribution in [-0.4, -0.2) is 45.0 Å². The van der Waals surface area contributed by atoms with Crippen LogP contribution in [0.4, 0.5) is 0 Å². The van der Waals surface area contributed by atoms with Crippen LogP contribution in [0.3, 0.4) is 0 Å². The van der Waals surface area contributed by atoms with Crippen LogP contribution in [0, 0.1) is 0 Å². The number of hydrogen-bond acceptors (Lipinski definition) is 5. The molecule has 1 amide bonds. The first kappa shape index (κ1) is 17.1. The number of rotatable bonds is 8. The van der Waals surface area contributed by atoms with Gasteiger partial charge in [0.05, 0.1) is 33.0 Å². The standard InChI is InChI=1S/C15H23NO5/c1-10(17)6-5-9-16-15(18)11-7-8-12(19-2)14(21-4)13(11)20-3/h7-8,10,17H,5-6,9H2,1-4H3,(H,16,18). The van der Waals surface area contributed by atoms with E-state index >= 15 is 0 Å². The monoisotopic (exact) mass is 297 g/mol. The summed E-state index contributed by atoms with van der Waals surface area (Å²) in [4.78, 5) is 12.2. The van der Waals surface area contributed by atoms with Crippen molar-refractivity contribution < 1.29 is 24.1 Å². The maximum atomic E-state index is 12.2. The molecule has 0 fully saturated rings. The molecule has 6 heteroatoms. The van der Waals surface area contributed by atoms with E-state index in [1.165, 1.54) is 21.3 Å². The number of amides is 1. The Balaban J connectivity index is 2.84. The van der Waals surface area contributed by atoms with E-state index in [0.717, 1.165) is 0 Å². The highest BCUT2D eigenvalue weighted by atomic mass is 16.5. The van der Waals surface area contributed by atoms with Gasteiger partial charge in [-0.2, -0.15) is 0 Å². The van der Waals surface area contributed by atoms with Gasteiger partial charge in [-0.05, 0) is 31.9 Å². The first-order valence-electron chi connectivity index (χ1n) is 6.80. The zero-order valence-electron chi connectivity index (χ0n) is 12.9. The van der Waals surface area contributed by atoms with E-state index in [9.17, 15) is 9.90 Å². The van der Waals surface area contributed by atoms with Crippen LogP contribution in [0.15, 0.2) is 12.1 Å². The number of carbonyl (C=O) groups excluding carboxylic acids is 1. The van der Waals surface area contributed by atoms with Gasteiger partial charge in [0, 0.05) is 6.54 Å². The lowest BCUT2D eigenvalue weighted by Crippen LogP contribution is -2.25. The van der Waals surface area contributed by atoms with Crippen LogP contribution in [0.25, 0.3) is 0 Å².